The minimum Gasteiger partial charge on any atom is -0.356 e. The predicted octanol–water partition coefficient (Wildman–Crippen LogP) is 2.32. The van der Waals surface area contributed by atoms with Gasteiger partial charge in [0.05, 0.1) is 0 Å². The van der Waals surface area contributed by atoms with Crippen molar-refractivity contribution in [2.75, 3.05) is 0 Å². The van der Waals surface area contributed by atoms with E-state index in [1.54, 1.807) is 43.3 Å². The van der Waals surface area contributed by atoms with Crippen LogP contribution in [0, 0.1) is 6.92 Å². The molecule has 6 nitrogen and oxygen atoms in total. The smallest absolute Gasteiger partial charge is 0.356 e. The molecule has 0 amide bonds. The molecule has 1 heterocycles. The lowest BCUT2D eigenvalue weighted by molar-refractivity contribution is 0.437. The molecular formula is C13H10FN3O3S. The molecule has 8 heteroatoms. The van der Waals surface area contributed by atoms with Gasteiger partial charge in [0, 0.05) is 0 Å². The fraction of sp³-hybridized carbons (Fsp3) is 0.0769. The molecule has 108 valence electrons. The van der Waals surface area contributed by atoms with Crippen molar-refractivity contribution in [3.63, 3.8) is 0 Å². The van der Waals surface area contributed by atoms with Crippen LogP contribution in [0.3, 0.4) is 0 Å². The Morgan fingerprint density at radius 1 is 1.10 bits per heavy atom. The van der Waals surface area contributed by atoms with E-state index in [0.29, 0.717) is 11.0 Å². The van der Waals surface area contributed by atoms with Gasteiger partial charge in [-0.1, -0.05) is 22.1 Å². The summed E-state index contributed by atoms with van der Waals surface area (Å²) in [6, 6.07) is 11.7. The molecule has 0 aliphatic heterocycles. The molecule has 0 atom stereocenters. The first kappa shape index (κ1) is 13.5. The van der Waals surface area contributed by atoms with Crippen LogP contribution in [0.2, 0.25) is 0 Å². The molecule has 0 radical (unpaired) electrons. The molecule has 3 aromatic rings. The Hall–Kier alpha value is -2.48. The molecule has 0 saturated heterocycles. The summed E-state index contributed by atoms with van der Waals surface area (Å²) in [5.41, 5.74) is 2.34. The minimum atomic E-state index is -5.12. The third kappa shape index (κ3) is 2.84. The van der Waals surface area contributed by atoms with Crippen LogP contribution in [0.25, 0.3) is 16.7 Å². The zero-order valence-electron chi connectivity index (χ0n) is 10.9. The molecule has 0 aliphatic carbocycles. The third-order valence-corrected chi connectivity index (χ3v) is 3.18. The largest absolute Gasteiger partial charge is 0.488 e. The first-order valence-corrected chi connectivity index (χ1v) is 7.30. The van der Waals surface area contributed by atoms with E-state index < -0.39 is 10.5 Å². The minimum absolute atomic E-state index is 0.177. The summed E-state index contributed by atoms with van der Waals surface area (Å²) in [5.74, 6) is -0.177. The number of benzene rings is 2. The number of hydrogen-bond donors (Lipinski definition) is 0. The number of rotatable bonds is 3. The van der Waals surface area contributed by atoms with Crippen molar-refractivity contribution in [3.8, 4) is 11.4 Å². The number of fused-ring (bicyclic) bond motifs is 1. The van der Waals surface area contributed by atoms with Gasteiger partial charge >= 0.3 is 10.5 Å². The van der Waals surface area contributed by atoms with Gasteiger partial charge in [-0.05, 0) is 36.8 Å². The van der Waals surface area contributed by atoms with Crippen molar-refractivity contribution in [1.82, 2.24) is 15.0 Å². The van der Waals surface area contributed by atoms with Crippen molar-refractivity contribution in [1.29, 1.82) is 0 Å². The highest BCUT2D eigenvalue weighted by Crippen LogP contribution is 2.25. The van der Waals surface area contributed by atoms with Gasteiger partial charge in [0.1, 0.15) is 16.7 Å². The van der Waals surface area contributed by atoms with Gasteiger partial charge in [-0.3, -0.25) is 0 Å². The van der Waals surface area contributed by atoms with Crippen LogP contribution in [0.1, 0.15) is 5.56 Å². The van der Waals surface area contributed by atoms with Crippen LogP contribution in [0.15, 0.2) is 42.5 Å². The number of hydrogen-bond acceptors (Lipinski definition) is 5. The van der Waals surface area contributed by atoms with Gasteiger partial charge in [0.15, 0.2) is 5.75 Å². The maximum atomic E-state index is 12.8. The van der Waals surface area contributed by atoms with E-state index >= 15 is 0 Å². The SMILES string of the molecule is Cc1ccc(OS(=O)(=O)F)c(-n2nc3ccccc3n2)c1. The second-order valence-electron chi connectivity index (χ2n) is 4.43. The molecule has 1 aromatic heterocycles. The summed E-state index contributed by atoms with van der Waals surface area (Å²) in [5, 5.41) is 8.45. The van der Waals surface area contributed by atoms with Crippen LogP contribution in [-0.4, -0.2) is 23.4 Å². The van der Waals surface area contributed by atoms with E-state index in [1.165, 1.54) is 10.9 Å². The van der Waals surface area contributed by atoms with Gasteiger partial charge in [0.25, 0.3) is 0 Å². The standard InChI is InChI=1S/C13H10FN3O3S/c1-9-6-7-13(20-21(14,18)19)12(8-9)17-15-10-4-2-3-5-11(10)16-17/h2-8H,1H3. The number of aromatic nitrogens is 3. The molecule has 2 aromatic carbocycles. The fourth-order valence-electron chi connectivity index (χ4n) is 1.93. The molecule has 0 N–H and O–H groups in total. The summed E-state index contributed by atoms with van der Waals surface area (Å²) < 4.78 is 38.5. The molecule has 0 saturated carbocycles. The van der Waals surface area contributed by atoms with Crippen LogP contribution in [-0.2, 0) is 10.5 Å². The maximum Gasteiger partial charge on any atom is 0.488 e. The van der Waals surface area contributed by atoms with Crippen molar-refractivity contribution < 1.29 is 16.5 Å². The lowest BCUT2D eigenvalue weighted by Gasteiger charge is -2.07. The summed E-state index contributed by atoms with van der Waals surface area (Å²) >= 11 is 0. The molecule has 0 aliphatic rings. The van der Waals surface area contributed by atoms with E-state index in [4.69, 9.17) is 0 Å². The summed E-state index contributed by atoms with van der Waals surface area (Å²) in [6.07, 6.45) is 0. The van der Waals surface area contributed by atoms with E-state index in [1.807, 2.05) is 0 Å². The Morgan fingerprint density at radius 2 is 1.71 bits per heavy atom. The summed E-state index contributed by atoms with van der Waals surface area (Å²) in [7, 11) is -5.12. The van der Waals surface area contributed by atoms with Crippen LogP contribution >= 0.6 is 0 Å². The number of halogens is 1. The lowest BCUT2D eigenvalue weighted by Crippen LogP contribution is -2.07. The Morgan fingerprint density at radius 3 is 2.29 bits per heavy atom. The van der Waals surface area contributed by atoms with E-state index in [2.05, 4.69) is 14.4 Å². The van der Waals surface area contributed by atoms with Gasteiger partial charge in [0.2, 0.25) is 0 Å². The maximum absolute atomic E-state index is 12.8. The first-order valence-electron chi connectivity index (χ1n) is 5.99. The molecule has 0 bridgehead atoms. The van der Waals surface area contributed by atoms with E-state index in [0.717, 1.165) is 5.56 Å². The van der Waals surface area contributed by atoms with Crippen LogP contribution in [0.4, 0.5) is 3.89 Å². The second kappa shape index (κ2) is 4.81. The van der Waals surface area contributed by atoms with Crippen molar-refractivity contribution in [3.05, 3.63) is 48.0 Å². The highest BCUT2D eigenvalue weighted by molar-refractivity contribution is 7.81. The average Bonchev–Trinajstić information content (AvgIpc) is 2.83. The highest BCUT2D eigenvalue weighted by Gasteiger charge is 2.16. The average molecular weight is 307 g/mol. The number of aryl methyl sites for hydroxylation is 1. The Labute approximate surface area is 120 Å². The normalized spacial score (nSPS) is 11.7. The molecular weight excluding hydrogens is 297 g/mol. The van der Waals surface area contributed by atoms with Gasteiger partial charge in [-0.2, -0.15) is 8.42 Å². The Kier molecular flexibility index (Phi) is 3.09. The van der Waals surface area contributed by atoms with Gasteiger partial charge in [-0.25, -0.2) is 0 Å². The third-order valence-electron chi connectivity index (χ3n) is 2.81. The van der Waals surface area contributed by atoms with Crippen molar-refractivity contribution in [2.24, 2.45) is 0 Å². The Bertz CT molecular complexity index is 888. The Balaban J connectivity index is 2.18. The van der Waals surface area contributed by atoms with Crippen molar-refractivity contribution >= 4 is 21.5 Å². The van der Waals surface area contributed by atoms with Crippen molar-refractivity contribution in [2.45, 2.75) is 6.92 Å². The summed E-state index contributed by atoms with van der Waals surface area (Å²) in [4.78, 5) is 1.22. The van der Waals surface area contributed by atoms with E-state index in [-0.39, 0.29) is 11.4 Å². The zero-order chi connectivity index (χ0) is 15.0. The van der Waals surface area contributed by atoms with Gasteiger partial charge < -0.3 is 4.18 Å². The zero-order valence-corrected chi connectivity index (χ0v) is 11.7. The summed E-state index contributed by atoms with van der Waals surface area (Å²) in [6.45, 7) is 1.81. The quantitative estimate of drug-likeness (QED) is 0.694. The highest BCUT2D eigenvalue weighted by atomic mass is 32.3. The van der Waals surface area contributed by atoms with Gasteiger partial charge in [-0.15, -0.1) is 15.0 Å². The molecule has 3 rings (SSSR count). The van der Waals surface area contributed by atoms with E-state index in [9.17, 15) is 12.3 Å². The fourth-order valence-corrected chi connectivity index (χ4v) is 2.28. The van der Waals surface area contributed by atoms with Crippen LogP contribution < -0.4 is 4.18 Å². The topological polar surface area (TPSA) is 74.1 Å². The predicted molar refractivity (Wildman–Crippen MR) is 74.3 cm³/mol. The first-order chi connectivity index (χ1) is 9.92. The molecule has 0 fully saturated rings. The van der Waals surface area contributed by atoms with Crippen LogP contribution in [0.5, 0.6) is 5.75 Å². The lowest BCUT2D eigenvalue weighted by atomic mass is 10.2. The molecule has 0 spiro atoms. The number of nitrogens with zero attached hydrogens (tertiary/aromatic N) is 3. The monoisotopic (exact) mass is 307 g/mol. The second-order valence-corrected chi connectivity index (χ2v) is 5.38. The molecule has 0 unspecified atom stereocenters. The molecule has 21 heavy (non-hydrogen) atoms.